The number of hydrogen-bond donors (Lipinski definition) is 1. The van der Waals surface area contributed by atoms with Crippen LogP contribution in [0.25, 0.3) is 11.8 Å². The third kappa shape index (κ3) is 6.01. The first-order chi connectivity index (χ1) is 19.6. The first kappa shape index (κ1) is 28.4. The molecule has 2 heterocycles. The standard InChI is InChI=1S/C32H28BrN3O4S/c1-19-16-23(17-29-30(37)35(4)32(41-29)34-28-7-5-6-27(20(28)2)31(38)39)21(3)36(19)25-12-14-26(15-13-25)40-18-22-8-10-24(33)11-9-22/h5-17H,18H2,1-4H3,(H,38,39)/b29-17-,34-32?. The lowest BCUT2D eigenvalue weighted by Gasteiger charge is -2.12. The minimum atomic E-state index is -1.01. The minimum absolute atomic E-state index is 0.155. The SMILES string of the molecule is Cc1c(N=C2S/C(=C\c3cc(C)n(-c4ccc(OCc5ccc(Br)cc5)cc4)c3C)C(=O)N2C)cccc1C(=O)O. The molecule has 0 spiro atoms. The lowest BCUT2D eigenvalue weighted by Crippen LogP contribution is -2.23. The summed E-state index contributed by atoms with van der Waals surface area (Å²) in [7, 11) is 1.68. The number of amides is 1. The number of benzene rings is 3. The van der Waals surface area contributed by atoms with Gasteiger partial charge in [-0.1, -0.05) is 34.1 Å². The molecular formula is C32H28BrN3O4S. The molecule has 0 saturated carbocycles. The number of thioether (sulfide) groups is 1. The number of amidine groups is 1. The molecule has 3 aromatic carbocycles. The number of aliphatic imine (C=N–C) groups is 1. The fourth-order valence-corrected chi connectivity index (χ4v) is 5.88. The fraction of sp³-hybridized carbons (Fsp3) is 0.156. The summed E-state index contributed by atoms with van der Waals surface area (Å²) in [6.07, 6.45) is 1.89. The number of nitrogens with zero attached hydrogens (tertiary/aromatic N) is 3. The third-order valence-electron chi connectivity index (χ3n) is 6.93. The first-order valence-electron chi connectivity index (χ1n) is 12.9. The molecule has 1 aromatic heterocycles. The maximum Gasteiger partial charge on any atom is 0.336 e. The number of rotatable bonds is 7. The van der Waals surface area contributed by atoms with Gasteiger partial charge in [-0.25, -0.2) is 9.79 Å². The predicted molar refractivity (Wildman–Crippen MR) is 167 cm³/mol. The summed E-state index contributed by atoms with van der Waals surface area (Å²) >= 11 is 4.73. The van der Waals surface area contributed by atoms with Gasteiger partial charge in [0.15, 0.2) is 5.17 Å². The number of carboxylic acid groups (broad SMARTS) is 1. The Balaban J connectivity index is 1.36. The second-order valence-corrected chi connectivity index (χ2v) is 11.6. The summed E-state index contributed by atoms with van der Waals surface area (Å²) in [4.78, 5) is 31.3. The maximum atomic E-state index is 13.1. The van der Waals surface area contributed by atoms with E-state index in [4.69, 9.17) is 4.74 Å². The zero-order valence-electron chi connectivity index (χ0n) is 23.0. The number of hydrogen-bond acceptors (Lipinski definition) is 5. The van der Waals surface area contributed by atoms with Gasteiger partial charge in [-0.15, -0.1) is 0 Å². The van der Waals surface area contributed by atoms with E-state index in [0.29, 0.717) is 27.9 Å². The Labute approximate surface area is 251 Å². The summed E-state index contributed by atoms with van der Waals surface area (Å²) in [5, 5.41) is 9.93. The average molecular weight is 631 g/mol. The van der Waals surface area contributed by atoms with Gasteiger partial charge in [-0.2, -0.15) is 0 Å². The Morgan fingerprint density at radius 3 is 2.44 bits per heavy atom. The monoisotopic (exact) mass is 629 g/mol. The fourth-order valence-electron chi connectivity index (χ4n) is 4.64. The molecule has 1 aliphatic rings. The van der Waals surface area contributed by atoms with Crippen molar-refractivity contribution in [2.45, 2.75) is 27.4 Å². The molecule has 0 aliphatic carbocycles. The highest BCUT2D eigenvalue weighted by Gasteiger charge is 2.31. The Hall–Kier alpha value is -4.08. The zero-order chi connectivity index (χ0) is 29.3. The van der Waals surface area contributed by atoms with Crippen molar-refractivity contribution in [3.63, 3.8) is 0 Å². The third-order valence-corrected chi connectivity index (χ3v) is 8.51. The van der Waals surface area contributed by atoms with E-state index >= 15 is 0 Å². The summed E-state index contributed by atoms with van der Waals surface area (Å²) in [5.41, 5.74) is 6.34. The van der Waals surface area contributed by atoms with E-state index in [0.717, 1.165) is 38.4 Å². The molecule has 1 aliphatic heterocycles. The van der Waals surface area contributed by atoms with Gasteiger partial charge in [0.05, 0.1) is 16.2 Å². The van der Waals surface area contributed by atoms with Crippen molar-refractivity contribution in [3.8, 4) is 11.4 Å². The quantitative estimate of drug-likeness (QED) is 0.212. The van der Waals surface area contributed by atoms with Crippen molar-refractivity contribution in [2.75, 3.05) is 7.05 Å². The Kier molecular flexibility index (Phi) is 8.19. The molecule has 9 heteroatoms. The number of likely N-dealkylation sites (N-methyl/N-ethyl adjacent to an activating group) is 1. The second-order valence-electron chi connectivity index (χ2n) is 9.69. The van der Waals surface area contributed by atoms with Gasteiger partial charge in [0.1, 0.15) is 12.4 Å². The van der Waals surface area contributed by atoms with E-state index in [1.807, 2.05) is 68.5 Å². The Bertz CT molecular complexity index is 1710. The van der Waals surface area contributed by atoms with Gasteiger partial charge >= 0.3 is 5.97 Å². The summed E-state index contributed by atoms with van der Waals surface area (Å²) < 4.78 is 9.14. The molecule has 1 fully saturated rings. The van der Waals surface area contributed by atoms with Crippen LogP contribution in [0.1, 0.15) is 38.4 Å². The average Bonchev–Trinajstić information content (AvgIpc) is 3.38. The van der Waals surface area contributed by atoms with Crippen LogP contribution in [0.2, 0.25) is 0 Å². The molecule has 5 rings (SSSR count). The summed E-state index contributed by atoms with van der Waals surface area (Å²) in [6, 6.07) is 23.0. The molecule has 4 aromatic rings. The molecule has 0 unspecified atom stereocenters. The lowest BCUT2D eigenvalue weighted by atomic mass is 10.1. The molecular weight excluding hydrogens is 602 g/mol. The van der Waals surface area contributed by atoms with Crippen LogP contribution in [0.4, 0.5) is 5.69 Å². The lowest BCUT2D eigenvalue weighted by molar-refractivity contribution is -0.121. The van der Waals surface area contributed by atoms with Crippen molar-refractivity contribution < 1.29 is 19.4 Å². The van der Waals surface area contributed by atoms with Gasteiger partial charge in [0.2, 0.25) is 0 Å². The van der Waals surface area contributed by atoms with Gasteiger partial charge in [0, 0.05) is 28.6 Å². The zero-order valence-corrected chi connectivity index (χ0v) is 25.4. The minimum Gasteiger partial charge on any atom is -0.489 e. The molecule has 1 saturated heterocycles. The van der Waals surface area contributed by atoms with Crippen LogP contribution in [0.5, 0.6) is 5.75 Å². The van der Waals surface area contributed by atoms with Gasteiger partial charge < -0.3 is 14.4 Å². The number of carboxylic acids is 1. The maximum absolute atomic E-state index is 13.1. The molecule has 0 atom stereocenters. The number of halogens is 1. The summed E-state index contributed by atoms with van der Waals surface area (Å²) in [6.45, 7) is 6.27. The van der Waals surface area contributed by atoms with E-state index in [9.17, 15) is 14.7 Å². The number of carbonyl (C=O) groups is 2. The number of ether oxygens (including phenoxy) is 1. The van der Waals surface area contributed by atoms with Crippen molar-refractivity contribution in [1.29, 1.82) is 0 Å². The molecule has 1 amide bonds. The van der Waals surface area contributed by atoms with E-state index in [2.05, 4.69) is 31.6 Å². The van der Waals surface area contributed by atoms with Crippen LogP contribution in [0.15, 0.2) is 87.2 Å². The van der Waals surface area contributed by atoms with Gasteiger partial charge in [0.25, 0.3) is 5.91 Å². The topological polar surface area (TPSA) is 84.1 Å². The van der Waals surface area contributed by atoms with Crippen molar-refractivity contribution in [2.24, 2.45) is 4.99 Å². The Morgan fingerprint density at radius 1 is 1.05 bits per heavy atom. The molecule has 208 valence electrons. The highest BCUT2D eigenvalue weighted by molar-refractivity contribution is 9.10. The highest BCUT2D eigenvalue weighted by atomic mass is 79.9. The normalized spacial score (nSPS) is 15.2. The number of aryl methyl sites for hydroxylation is 1. The predicted octanol–water partition coefficient (Wildman–Crippen LogP) is 7.68. The number of aromatic nitrogens is 1. The highest BCUT2D eigenvalue weighted by Crippen LogP contribution is 2.35. The molecule has 0 bridgehead atoms. The molecule has 41 heavy (non-hydrogen) atoms. The Morgan fingerprint density at radius 2 is 1.76 bits per heavy atom. The molecule has 7 nitrogen and oxygen atoms in total. The number of carbonyl (C=O) groups excluding carboxylic acids is 1. The second kappa shape index (κ2) is 11.8. The number of aromatic carboxylic acids is 1. The first-order valence-corrected chi connectivity index (χ1v) is 14.5. The van der Waals surface area contributed by atoms with E-state index < -0.39 is 5.97 Å². The van der Waals surface area contributed by atoms with Crippen LogP contribution in [-0.4, -0.2) is 38.7 Å². The van der Waals surface area contributed by atoms with Crippen molar-refractivity contribution >= 4 is 56.5 Å². The van der Waals surface area contributed by atoms with Gasteiger partial charge in [-0.05, 0) is 110 Å². The molecule has 0 radical (unpaired) electrons. The van der Waals surface area contributed by atoms with E-state index in [-0.39, 0.29) is 11.5 Å². The van der Waals surface area contributed by atoms with Crippen LogP contribution < -0.4 is 4.74 Å². The van der Waals surface area contributed by atoms with Gasteiger partial charge in [-0.3, -0.25) is 9.69 Å². The molecule has 1 N–H and O–H groups in total. The van der Waals surface area contributed by atoms with E-state index in [1.165, 1.54) is 16.7 Å². The van der Waals surface area contributed by atoms with Crippen LogP contribution in [0.3, 0.4) is 0 Å². The van der Waals surface area contributed by atoms with E-state index in [1.54, 1.807) is 32.2 Å². The van der Waals surface area contributed by atoms with Crippen LogP contribution in [-0.2, 0) is 11.4 Å². The largest absolute Gasteiger partial charge is 0.489 e. The summed E-state index contributed by atoms with van der Waals surface area (Å²) in [5.74, 6) is -0.377. The van der Waals surface area contributed by atoms with Crippen molar-refractivity contribution in [1.82, 2.24) is 9.47 Å². The van der Waals surface area contributed by atoms with Crippen LogP contribution >= 0.6 is 27.7 Å². The van der Waals surface area contributed by atoms with Crippen LogP contribution in [0, 0.1) is 20.8 Å². The smallest absolute Gasteiger partial charge is 0.336 e. The van der Waals surface area contributed by atoms with Crippen molar-refractivity contribution in [3.05, 3.63) is 116 Å².